The Morgan fingerprint density at radius 1 is 0.610 bits per heavy atom. The molecule has 0 aliphatic heterocycles. The van der Waals surface area contributed by atoms with Crippen molar-refractivity contribution in [3.63, 3.8) is 0 Å². The number of carbonyl (C=O) groups excluding carboxylic acids is 3. The van der Waals surface area contributed by atoms with Gasteiger partial charge in [-0.25, -0.2) is 0 Å². The molecule has 0 aliphatic carbocycles. The molecule has 0 saturated carbocycles. The van der Waals surface area contributed by atoms with E-state index < -0.39 is 24.3 Å². The molecule has 0 aromatic carbocycles. The molecule has 0 aromatic heterocycles. The molecule has 0 heterocycles. The van der Waals surface area contributed by atoms with Crippen molar-refractivity contribution in [3.05, 3.63) is 0 Å². The number of unbranched alkanes of at least 4 members (excludes halogenated alkanes) is 16. The van der Waals surface area contributed by atoms with Crippen molar-refractivity contribution in [2.75, 3.05) is 6.54 Å². The number of aliphatic hydroxyl groups excluding tert-OH is 1. The highest BCUT2D eigenvalue weighted by molar-refractivity contribution is 5.77. The molecule has 2 unspecified atom stereocenters. The van der Waals surface area contributed by atoms with Crippen LogP contribution in [0.15, 0.2) is 0 Å². The molecular formula is C31H59N3O7. The van der Waals surface area contributed by atoms with Gasteiger partial charge in [0.15, 0.2) is 6.29 Å². The third-order valence-corrected chi connectivity index (χ3v) is 7.39. The quantitative estimate of drug-likeness (QED) is 0.0405. The van der Waals surface area contributed by atoms with Crippen molar-refractivity contribution in [1.29, 1.82) is 0 Å². The highest BCUT2D eigenvalue weighted by atomic mass is 16.5. The van der Waals surface area contributed by atoms with E-state index in [0.717, 1.165) is 44.9 Å². The smallest absolute Gasteiger partial charge is 0.303 e. The zero-order valence-corrected chi connectivity index (χ0v) is 25.3. The van der Waals surface area contributed by atoms with Gasteiger partial charge in [0.1, 0.15) is 6.29 Å². The van der Waals surface area contributed by atoms with Crippen LogP contribution in [-0.2, 0) is 19.2 Å². The number of aldehydes is 1. The lowest BCUT2D eigenvalue weighted by Crippen LogP contribution is -2.44. The van der Waals surface area contributed by atoms with Gasteiger partial charge < -0.3 is 36.5 Å². The fraction of sp³-hybridized carbons (Fsp3) is 0.871. The van der Waals surface area contributed by atoms with E-state index in [1.54, 1.807) is 0 Å². The number of aliphatic carboxylic acids is 1. The van der Waals surface area contributed by atoms with Crippen LogP contribution in [0.2, 0.25) is 0 Å². The van der Waals surface area contributed by atoms with Crippen LogP contribution in [-0.4, -0.2) is 64.3 Å². The molecule has 0 bridgehead atoms. The summed E-state index contributed by atoms with van der Waals surface area (Å²) in [6.07, 6.45) is 20.2. The van der Waals surface area contributed by atoms with E-state index in [2.05, 4.69) is 10.6 Å². The number of hydrogen-bond acceptors (Lipinski definition) is 7. The van der Waals surface area contributed by atoms with Crippen molar-refractivity contribution in [2.24, 2.45) is 5.73 Å². The Hall–Kier alpha value is -2.04. The molecule has 0 spiro atoms. The van der Waals surface area contributed by atoms with Crippen LogP contribution in [0.25, 0.3) is 0 Å². The number of carbonyl (C=O) groups is 4. The number of amides is 2. The third kappa shape index (κ3) is 27.9. The second-order valence-corrected chi connectivity index (χ2v) is 11.3. The van der Waals surface area contributed by atoms with Crippen molar-refractivity contribution < 1.29 is 34.5 Å². The van der Waals surface area contributed by atoms with Gasteiger partial charge in [-0.1, -0.05) is 89.9 Å². The maximum atomic E-state index is 12.2. The molecule has 7 N–H and O–H groups in total. The predicted octanol–water partition coefficient (Wildman–Crippen LogP) is 4.48. The molecule has 2 amide bonds. The van der Waals surface area contributed by atoms with Crippen LogP contribution < -0.4 is 16.4 Å². The van der Waals surface area contributed by atoms with E-state index in [0.29, 0.717) is 38.5 Å². The SMILES string of the molecule is NC(C=O)CCCCNC(=O)CCC(NC(=O)CCCCCCCCCCCCCCCCCCC(=O)O)C(O)O. The van der Waals surface area contributed by atoms with Crippen molar-refractivity contribution in [1.82, 2.24) is 10.6 Å². The Morgan fingerprint density at radius 3 is 1.51 bits per heavy atom. The first-order valence-electron chi connectivity index (χ1n) is 16.1. The standard InChI is InChI=1S/C31H59N3O7/c32-26(25-35)19-17-18-24-33-28(36)23-22-27(31(40)41)34-29(37)20-15-13-11-9-7-5-3-1-2-4-6-8-10-12-14-16-21-30(38)39/h25-27,31,40-41H,1-24,32H2,(H,33,36)(H,34,37)(H,38,39). The summed E-state index contributed by atoms with van der Waals surface area (Å²) in [7, 11) is 0. The first kappa shape index (κ1) is 39.0. The van der Waals surface area contributed by atoms with Crippen molar-refractivity contribution >= 4 is 24.1 Å². The molecule has 0 aromatic rings. The van der Waals surface area contributed by atoms with Crippen LogP contribution in [0.4, 0.5) is 0 Å². The Morgan fingerprint density at radius 2 is 1.07 bits per heavy atom. The van der Waals surface area contributed by atoms with Crippen LogP contribution in [0.1, 0.15) is 148 Å². The maximum absolute atomic E-state index is 12.2. The Labute approximate surface area is 247 Å². The van der Waals surface area contributed by atoms with E-state index in [1.165, 1.54) is 64.2 Å². The number of carboxylic acids is 1. The zero-order chi connectivity index (χ0) is 30.6. The molecule has 240 valence electrons. The van der Waals surface area contributed by atoms with Gasteiger partial charge in [-0.3, -0.25) is 14.4 Å². The molecular weight excluding hydrogens is 526 g/mol. The van der Waals surface area contributed by atoms with Gasteiger partial charge in [0, 0.05) is 25.8 Å². The normalized spacial score (nSPS) is 12.7. The summed E-state index contributed by atoms with van der Waals surface area (Å²) in [4.78, 5) is 45.2. The van der Waals surface area contributed by atoms with Crippen molar-refractivity contribution in [3.8, 4) is 0 Å². The largest absolute Gasteiger partial charge is 0.481 e. The number of aliphatic hydroxyl groups is 2. The predicted molar refractivity (Wildman–Crippen MR) is 161 cm³/mol. The Balaban J connectivity index is 3.61. The highest BCUT2D eigenvalue weighted by Gasteiger charge is 2.20. The fourth-order valence-corrected chi connectivity index (χ4v) is 4.79. The summed E-state index contributed by atoms with van der Waals surface area (Å²) in [6.45, 7) is 0.462. The second kappa shape index (κ2) is 28.1. The number of rotatable bonds is 30. The number of hydrogen-bond donors (Lipinski definition) is 6. The minimum absolute atomic E-state index is 0.0774. The van der Waals surface area contributed by atoms with Gasteiger partial charge in [0.05, 0.1) is 12.1 Å². The monoisotopic (exact) mass is 585 g/mol. The van der Waals surface area contributed by atoms with Crippen LogP contribution in [0.3, 0.4) is 0 Å². The molecule has 0 aliphatic rings. The van der Waals surface area contributed by atoms with Gasteiger partial charge in [-0.2, -0.15) is 0 Å². The Kier molecular flexibility index (Phi) is 26.7. The lowest BCUT2D eigenvalue weighted by molar-refractivity contribution is -0.137. The van der Waals surface area contributed by atoms with Gasteiger partial charge in [0.25, 0.3) is 0 Å². The van der Waals surface area contributed by atoms with Gasteiger partial charge in [0.2, 0.25) is 11.8 Å². The van der Waals surface area contributed by atoms with E-state index in [9.17, 15) is 29.4 Å². The minimum atomic E-state index is -1.72. The number of nitrogens with one attached hydrogen (secondary N) is 2. The molecule has 2 atom stereocenters. The minimum Gasteiger partial charge on any atom is -0.481 e. The van der Waals surface area contributed by atoms with Gasteiger partial charge in [-0.15, -0.1) is 0 Å². The van der Waals surface area contributed by atoms with Crippen LogP contribution >= 0.6 is 0 Å². The summed E-state index contributed by atoms with van der Waals surface area (Å²) in [5.74, 6) is -1.14. The first-order valence-corrected chi connectivity index (χ1v) is 16.1. The zero-order valence-electron chi connectivity index (χ0n) is 25.3. The first-order chi connectivity index (χ1) is 19.8. The van der Waals surface area contributed by atoms with E-state index >= 15 is 0 Å². The molecule has 0 radical (unpaired) electrons. The van der Waals surface area contributed by atoms with Crippen LogP contribution in [0, 0.1) is 0 Å². The summed E-state index contributed by atoms with van der Waals surface area (Å²) in [5, 5.41) is 33.2. The highest BCUT2D eigenvalue weighted by Crippen LogP contribution is 2.14. The summed E-state index contributed by atoms with van der Waals surface area (Å²) < 4.78 is 0. The van der Waals surface area contributed by atoms with E-state index in [1.807, 2.05) is 0 Å². The summed E-state index contributed by atoms with van der Waals surface area (Å²) in [5.41, 5.74) is 5.52. The topological polar surface area (TPSA) is 179 Å². The molecule has 0 saturated heterocycles. The lowest BCUT2D eigenvalue weighted by Gasteiger charge is -2.20. The molecule has 10 nitrogen and oxygen atoms in total. The lowest BCUT2D eigenvalue weighted by atomic mass is 10.0. The summed E-state index contributed by atoms with van der Waals surface area (Å²) >= 11 is 0. The Bertz CT molecular complexity index is 676. The maximum Gasteiger partial charge on any atom is 0.303 e. The average molecular weight is 586 g/mol. The van der Waals surface area contributed by atoms with Gasteiger partial charge >= 0.3 is 5.97 Å². The van der Waals surface area contributed by atoms with E-state index in [4.69, 9.17) is 10.8 Å². The number of nitrogens with two attached hydrogens (primary N) is 1. The summed E-state index contributed by atoms with van der Waals surface area (Å²) in [6, 6.07) is -1.35. The van der Waals surface area contributed by atoms with Gasteiger partial charge in [-0.05, 0) is 38.5 Å². The fourth-order valence-electron chi connectivity index (χ4n) is 4.79. The van der Waals surface area contributed by atoms with Crippen LogP contribution in [0.5, 0.6) is 0 Å². The van der Waals surface area contributed by atoms with Crippen molar-refractivity contribution in [2.45, 2.75) is 166 Å². The van der Waals surface area contributed by atoms with E-state index in [-0.39, 0.29) is 24.7 Å². The third-order valence-electron chi connectivity index (χ3n) is 7.39. The molecule has 10 heteroatoms. The second-order valence-electron chi connectivity index (χ2n) is 11.3. The molecule has 41 heavy (non-hydrogen) atoms. The molecule has 0 fully saturated rings. The molecule has 0 rings (SSSR count). The average Bonchev–Trinajstić information content (AvgIpc) is 2.93. The number of carboxylic acid groups (broad SMARTS) is 1.